The molecule has 0 spiro atoms. The molecule has 0 amide bonds. The van der Waals surface area contributed by atoms with Crippen LogP contribution in [0.2, 0.25) is 0 Å². The van der Waals surface area contributed by atoms with Gasteiger partial charge in [-0.1, -0.05) is 71.1 Å². The number of rotatable bonds is 23. The fourth-order valence-electron chi connectivity index (χ4n) is 2.84. The molecule has 0 saturated heterocycles. The van der Waals surface area contributed by atoms with Crippen LogP contribution in [-0.2, 0) is 32.7 Å². The van der Waals surface area contributed by atoms with Gasteiger partial charge in [-0.15, -0.1) is 0 Å². The van der Waals surface area contributed by atoms with Gasteiger partial charge in [0, 0.05) is 6.42 Å². The lowest BCUT2D eigenvalue weighted by Crippen LogP contribution is -2.27. The Hall–Kier alpha value is -1.03. The molecule has 0 aliphatic rings. The second kappa shape index (κ2) is 20.6. The summed E-state index contributed by atoms with van der Waals surface area (Å²) in [6.07, 6.45) is 10.7. The average Bonchev–Trinajstić information content (AvgIpc) is 2.77. The van der Waals surface area contributed by atoms with Crippen molar-refractivity contribution in [2.75, 3.05) is 26.4 Å². The van der Waals surface area contributed by atoms with Crippen LogP contribution >= 0.6 is 7.82 Å². The highest BCUT2D eigenvalue weighted by Crippen LogP contribution is 2.43. The quantitative estimate of drug-likeness (QED) is 0.0854. The Kier molecular flexibility index (Phi) is 19.9. The van der Waals surface area contributed by atoms with E-state index in [4.69, 9.17) is 14.9 Å². The summed E-state index contributed by atoms with van der Waals surface area (Å²) >= 11 is 0. The average molecular weight is 485 g/mol. The van der Waals surface area contributed by atoms with Gasteiger partial charge in [0.1, 0.15) is 12.7 Å². The Bertz CT molecular complexity index is 517. The highest BCUT2D eigenvalue weighted by Gasteiger charge is 2.25. The number of aliphatic hydroxyl groups excluding tert-OH is 2. The molecule has 0 radical (unpaired) electrons. The van der Waals surface area contributed by atoms with Gasteiger partial charge in [0.25, 0.3) is 6.47 Å². The molecular weight excluding hydrogens is 443 g/mol. The van der Waals surface area contributed by atoms with Gasteiger partial charge in [-0.25, -0.2) is 4.57 Å². The van der Waals surface area contributed by atoms with E-state index in [1.165, 1.54) is 44.9 Å². The standard InChI is InChI=1S/C21H41O10P/c1-2-3-4-5-6-7-8-9-10-11-12-13-21(25)28-16-20(29-18-23)17-31-32(26,27)30-15-19(24)14-22/h18-20,22,24H,2-17H2,1H3,(H,26,27)/t19-,20+/m0/s1. The molecular formula is C21H41O10P. The third-order valence-electron chi connectivity index (χ3n) is 4.73. The van der Waals surface area contributed by atoms with Crippen molar-refractivity contribution in [1.29, 1.82) is 0 Å². The number of hydrogen-bond donors (Lipinski definition) is 3. The van der Waals surface area contributed by atoms with Crippen LogP contribution in [0.1, 0.15) is 84.0 Å². The first-order valence-corrected chi connectivity index (χ1v) is 13.0. The molecule has 3 atom stereocenters. The second-order valence-corrected chi connectivity index (χ2v) is 9.17. The number of carbonyl (C=O) groups excluding carboxylic acids is 2. The molecule has 0 saturated carbocycles. The molecule has 0 heterocycles. The first-order chi connectivity index (χ1) is 15.3. The molecule has 0 aromatic heterocycles. The van der Waals surface area contributed by atoms with E-state index in [2.05, 4.69) is 20.7 Å². The molecule has 0 aliphatic carbocycles. The Morgan fingerprint density at radius 1 is 0.906 bits per heavy atom. The van der Waals surface area contributed by atoms with E-state index < -0.39 is 45.8 Å². The maximum atomic E-state index is 11.8. The molecule has 10 nitrogen and oxygen atoms in total. The first-order valence-electron chi connectivity index (χ1n) is 11.5. The maximum Gasteiger partial charge on any atom is 0.472 e. The summed E-state index contributed by atoms with van der Waals surface area (Å²) in [4.78, 5) is 31.9. The summed E-state index contributed by atoms with van der Waals surface area (Å²) in [6, 6.07) is 0. The van der Waals surface area contributed by atoms with Gasteiger partial charge in [-0.05, 0) is 6.42 Å². The molecule has 0 rings (SSSR count). The highest BCUT2D eigenvalue weighted by atomic mass is 31.2. The Labute approximate surface area is 191 Å². The van der Waals surface area contributed by atoms with Crippen molar-refractivity contribution >= 4 is 20.3 Å². The number of unbranched alkanes of at least 4 members (excludes halogenated alkanes) is 10. The summed E-state index contributed by atoms with van der Waals surface area (Å²) < 4.78 is 30.6. The summed E-state index contributed by atoms with van der Waals surface area (Å²) in [5.41, 5.74) is 0. The van der Waals surface area contributed by atoms with E-state index in [1.807, 2.05) is 0 Å². The SMILES string of the molecule is CCCCCCCCCCCCCC(=O)OC[C@H](COP(=O)(O)OC[C@@H](O)CO)OC=O. The van der Waals surface area contributed by atoms with E-state index in [0.717, 1.165) is 19.3 Å². The van der Waals surface area contributed by atoms with Crippen molar-refractivity contribution in [3.63, 3.8) is 0 Å². The van der Waals surface area contributed by atoms with Crippen LogP contribution in [0.15, 0.2) is 0 Å². The number of phosphoric acid groups is 1. The molecule has 32 heavy (non-hydrogen) atoms. The lowest BCUT2D eigenvalue weighted by molar-refractivity contribution is -0.153. The number of carbonyl (C=O) groups is 2. The van der Waals surface area contributed by atoms with Crippen LogP contribution in [0, 0.1) is 0 Å². The van der Waals surface area contributed by atoms with Crippen LogP contribution < -0.4 is 0 Å². The van der Waals surface area contributed by atoms with Crippen molar-refractivity contribution in [2.45, 2.75) is 96.2 Å². The van der Waals surface area contributed by atoms with Gasteiger partial charge < -0.3 is 24.6 Å². The van der Waals surface area contributed by atoms with E-state index in [-0.39, 0.29) is 19.5 Å². The Morgan fingerprint density at radius 2 is 1.44 bits per heavy atom. The lowest BCUT2D eigenvalue weighted by Gasteiger charge is -2.18. The third kappa shape index (κ3) is 19.6. The minimum atomic E-state index is -4.53. The normalized spacial score (nSPS) is 15.0. The van der Waals surface area contributed by atoms with Gasteiger partial charge in [0.15, 0.2) is 6.10 Å². The predicted octanol–water partition coefficient (Wildman–Crippen LogP) is 3.26. The maximum absolute atomic E-state index is 11.8. The summed E-state index contributed by atoms with van der Waals surface area (Å²) in [5.74, 6) is -0.449. The van der Waals surface area contributed by atoms with Crippen molar-refractivity contribution < 1.29 is 47.8 Å². The molecule has 0 aromatic rings. The van der Waals surface area contributed by atoms with Crippen LogP contribution in [0.3, 0.4) is 0 Å². The zero-order valence-corrected chi connectivity index (χ0v) is 20.1. The zero-order chi connectivity index (χ0) is 24.1. The highest BCUT2D eigenvalue weighted by molar-refractivity contribution is 7.47. The predicted molar refractivity (Wildman–Crippen MR) is 118 cm³/mol. The van der Waals surface area contributed by atoms with Gasteiger partial charge in [-0.3, -0.25) is 18.6 Å². The molecule has 0 aliphatic heterocycles. The van der Waals surface area contributed by atoms with Gasteiger partial charge >= 0.3 is 13.8 Å². The zero-order valence-electron chi connectivity index (χ0n) is 19.2. The Morgan fingerprint density at radius 3 is 1.97 bits per heavy atom. The molecule has 0 fully saturated rings. The molecule has 1 unspecified atom stereocenters. The Balaban J connectivity index is 3.87. The summed E-state index contributed by atoms with van der Waals surface area (Å²) in [7, 11) is -4.53. The van der Waals surface area contributed by atoms with Gasteiger partial charge in [0.2, 0.25) is 0 Å². The van der Waals surface area contributed by atoms with E-state index in [1.54, 1.807) is 0 Å². The number of hydrogen-bond acceptors (Lipinski definition) is 9. The molecule has 190 valence electrons. The molecule has 11 heteroatoms. The van der Waals surface area contributed by atoms with E-state index in [9.17, 15) is 19.0 Å². The van der Waals surface area contributed by atoms with Gasteiger partial charge in [-0.2, -0.15) is 0 Å². The lowest BCUT2D eigenvalue weighted by atomic mass is 10.1. The second-order valence-electron chi connectivity index (χ2n) is 7.72. The summed E-state index contributed by atoms with van der Waals surface area (Å²) in [6.45, 7) is 0.194. The number of aliphatic hydroxyl groups is 2. The fraction of sp³-hybridized carbons (Fsp3) is 0.905. The monoisotopic (exact) mass is 484 g/mol. The number of phosphoric ester groups is 1. The number of esters is 1. The molecule has 0 bridgehead atoms. The topological polar surface area (TPSA) is 149 Å². The minimum absolute atomic E-state index is 0.115. The number of ether oxygens (including phenoxy) is 2. The molecule has 0 aromatic carbocycles. The largest absolute Gasteiger partial charge is 0.472 e. The van der Waals surface area contributed by atoms with Crippen molar-refractivity contribution in [3.8, 4) is 0 Å². The minimum Gasteiger partial charge on any atom is -0.462 e. The van der Waals surface area contributed by atoms with Crippen LogP contribution in [0.25, 0.3) is 0 Å². The van der Waals surface area contributed by atoms with Crippen molar-refractivity contribution in [1.82, 2.24) is 0 Å². The smallest absolute Gasteiger partial charge is 0.462 e. The van der Waals surface area contributed by atoms with Crippen LogP contribution in [0.5, 0.6) is 0 Å². The van der Waals surface area contributed by atoms with Gasteiger partial charge in [0.05, 0.1) is 19.8 Å². The van der Waals surface area contributed by atoms with E-state index in [0.29, 0.717) is 6.42 Å². The molecule has 3 N–H and O–H groups in total. The van der Waals surface area contributed by atoms with Crippen LogP contribution in [-0.4, -0.2) is 66.2 Å². The fourth-order valence-corrected chi connectivity index (χ4v) is 3.63. The first kappa shape index (κ1) is 31.0. The third-order valence-corrected chi connectivity index (χ3v) is 5.68. The van der Waals surface area contributed by atoms with E-state index >= 15 is 0 Å². The van der Waals surface area contributed by atoms with Crippen molar-refractivity contribution in [3.05, 3.63) is 0 Å². The van der Waals surface area contributed by atoms with Crippen LogP contribution in [0.4, 0.5) is 0 Å². The van der Waals surface area contributed by atoms with Crippen molar-refractivity contribution in [2.24, 2.45) is 0 Å². The summed E-state index contributed by atoms with van der Waals surface area (Å²) in [5, 5.41) is 17.8.